The SMILES string of the molecule is CC(O)CCNC(=O)c1cc(Cl)cn1C1CC1. The number of rotatable bonds is 5. The van der Waals surface area contributed by atoms with Gasteiger partial charge in [-0.1, -0.05) is 11.6 Å². The van der Waals surface area contributed by atoms with E-state index in [1.165, 1.54) is 0 Å². The van der Waals surface area contributed by atoms with Crippen LogP contribution in [0.1, 0.15) is 42.7 Å². The van der Waals surface area contributed by atoms with Gasteiger partial charge in [0.2, 0.25) is 0 Å². The first kappa shape index (κ1) is 12.5. The molecule has 1 aromatic heterocycles. The van der Waals surface area contributed by atoms with E-state index in [1.54, 1.807) is 13.0 Å². The van der Waals surface area contributed by atoms with Crippen molar-refractivity contribution >= 4 is 17.5 Å². The number of hydrogen-bond acceptors (Lipinski definition) is 2. The smallest absolute Gasteiger partial charge is 0.267 e. The van der Waals surface area contributed by atoms with Crippen molar-refractivity contribution in [2.75, 3.05) is 6.54 Å². The van der Waals surface area contributed by atoms with Gasteiger partial charge >= 0.3 is 0 Å². The predicted molar refractivity (Wildman–Crippen MR) is 66.3 cm³/mol. The summed E-state index contributed by atoms with van der Waals surface area (Å²) in [5.74, 6) is -0.121. The Morgan fingerprint density at radius 1 is 1.71 bits per heavy atom. The largest absolute Gasteiger partial charge is 0.393 e. The van der Waals surface area contributed by atoms with Gasteiger partial charge in [0.25, 0.3) is 5.91 Å². The van der Waals surface area contributed by atoms with E-state index in [0.717, 1.165) is 12.8 Å². The van der Waals surface area contributed by atoms with Gasteiger partial charge < -0.3 is 15.0 Å². The highest BCUT2D eigenvalue weighted by molar-refractivity contribution is 6.31. The van der Waals surface area contributed by atoms with Gasteiger partial charge in [0.05, 0.1) is 11.1 Å². The molecule has 0 bridgehead atoms. The second-order valence-corrected chi connectivity index (χ2v) is 5.01. The summed E-state index contributed by atoms with van der Waals surface area (Å²) in [5, 5.41) is 12.5. The molecule has 94 valence electrons. The summed E-state index contributed by atoms with van der Waals surface area (Å²) in [6.07, 6.45) is 4.19. The topological polar surface area (TPSA) is 54.3 Å². The molecular weight excluding hydrogens is 240 g/mol. The number of nitrogens with one attached hydrogen (secondary N) is 1. The zero-order chi connectivity index (χ0) is 12.4. The fourth-order valence-corrected chi connectivity index (χ4v) is 1.98. The molecule has 1 fully saturated rings. The zero-order valence-electron chi connectivity index (χ0n) is 9.82. The third-order valence-electron chi connectivity index (χ3n) is 2.84. The summed E-state index contributed by atoms with van der Waals surface area (Å²) in [5.41, 5.74) is 0.614. The third kappa shape index (κ3) is 3.23. The number of aliphatic hydroxyl groups is 1. The minimum Gasteiger partial charge on any atom is -0.393 e. The molecule has 0 radical (unpaired) electrons. The van der Waals surface area contributed by atoms with Gasteiger partial charge in [0.15, 0.2) is 0 Å². The van der Waals surface area contributed by atoms with Crippen LogP contribution in [0.25, 0.3) is 0 Å². The van der Waals surface area contributed by atoms with Crippen LogP contribution in [-0.2, 0) is 0 Å². The van der Waals surface area contributed by atoms with E-state index in [2.05, 4.69) is 5.32 Å². The maximum absolute atomic E-state index is 11.9. The lowest BCUT2D eigenvalue weighted by Crippen LogP contribution is -2.28. The fraction of sp³-hybridized carbons (Fsp3) is 0.583. The van der Waals surface area contributed by atoms with Crippen molar-refractivity contribution in [1.29, 1.82) is 0 Å². The Balaban J connectivity index is 1.98. The van der Waals surface area contributed by atoms with Crippen LogP contribution in [0.4, 0.5) is 0 Å². The molecule has 2 rings (SSSR count). The number of halogens is 1. The van der Waals surface area contributed by atoms with Crippen LogP contribution < -0.4 is 5.32 Å². The van der Waals surface area contributed by atoms with Crippen LogP contribution in [-0.4, -0.2) is 28.2 Å². The Bertz CT molecular complexity index is 411. The number of nitrogens with zero attached hydrogens (tertiary/aromatic N) is 1. The summed E-state index contributed by atoms with van der Waals surface area (Å²) in [4.78, 5) is 11.9. The molecular formula is C12H17ClN2O2. The lowest BCUT2D eigenvalue weighted by Gasteiger charge is -2.09. The molecule has 1 unspecified atom stereocenters. The van der Waals surface area contributed by atoms with Crippen LogP contribution in [0.15, 0.2) is 12.3 Å². The molecule has 1 amide bonds. The van der Waals surface area contributed by atoms with E-state index in [4.69, 9.17) is 16.7 Å². The first-order valence-corrected chi connectivity index (χ1v) is 6.29. The molecule has 17 heavy (non-hydrogen) atoms. The van der Waals surface area contributed by atoms with Crippen LogP contribution in [0.3, 0.4) is 0 Å². The minimum atomic E-state index is -0.394. The normalized spacial score (nSPS) is 16.9. The lowest BCUT2D eigenvalue weighted by atomic mass is 10.3. The summed E-state index contributed by atoms with van der Waals surface area (Å²) in [6.45, 7) is 2.18. The Hall–Kier alpha value is -1.00. The Kier molecular flexibility index (Phi) is 3.74. The summed E-state index contributed by atoms with van der Waals surface area (Å²) >= 11 is 5.93. The molecule has 0 spiro atoms. The van der Waals surface area contributed by atoms with Crippen LogP contribution in [0.5, 0.6) is 0 Å². The van der Waals surface area contributed by atoms with Crippen molar-refractivity contribution in [3.8, 4) is 0 Å². The van der Waals surface area contributed by atoms with E-state index < -0.39 is 6.10 Å². The van der Waals surface area contributed by atoms with E-state index in [9.17, 15) is 4.79 Å². The molecule has 0 aliphatic heterocycles. The van der Waals surface area contributed by atoms with E-state index in [0.29, 0.717) is 29.7 Å². The summed E-state index contributed by atoms with van der Waals surface area (Å²) in [7, 11) is 0. The lowest BCUT2D eigenvalue weighted by molar-refractivity contribution is 0.0936. The molecule has 1 atom stereocenters. The van der Waals surface area contributed by atoms with Gasteiger partial charge in [0, 0.05) is 18.8 Å². The maximum atomic E-state index is 11.9. The number of hydrogen-bond donors (Lipinski definition) is 2. The van der Waals surface area contributed by atoms with Crippen LogP contribution >= 0.6 is 11.6 Å². The Labute approximate surface area is 106 Å². The maximum Gasteiger partial charge on any atom is 0.267 e. The predicted octanol–water partition coefficient (Wildman–Crippen LogP) is 1.98. The summed E-state index contributed by atoms with van der Waals surface area (Å²) in [6, 6.07) is 2.12. The second-order valence-electron chi connectivity index (χ2n) is 4.58. The molecule has 0 saturated heterocycles. The van der Waals surface area contributed by atoms with Crippen molar-refractivity contribution in [3.05, 3.63) is 23.0 Å². The van der Waals surface area contributed by atoms with Gasteiger partial charge in [-0.2, -0.15) is 0 Å². The van der Waals surface area contributed by atoms with Crippen molar-refractivity contribution in [3.63, 3.8) is 0 Å². The van der Waals surface area contributed by atoms with E-state index in [-0.39, 0.29) is 5.91 Å². The highest BCUT2D eigenvalue weighted by atomic mass is 35.5. The molecule has 1 aliphatic carbocycles. The number of amides is 1. The highest BCUT2D eigenvalue weighted by Gasteiger charge is 2.27. The van der Waals surface area contributed by atoms with Crippen LogP contribution in [0.2, 0.25) is 5.02 Å². The van der Waals surface area contributed by atoms with Crippen molar-refractivity contribution in [2.45, 2.75) is 38.3 Å². The van der Waals surface area contributed by atoms with Gasteiger partial charge in [-0.15, -0.1) is 0 Å². The Morgan fingerprint density at radius 2 is 2.41 bits per heavy atom. The average molecular weight is 257 g/mol. The van der Waals surface area contributed by atoms with Crippen LogP contribution in [0, 0.1) is 0 Å². The molecule has 1 aromatic rings. The average Bonchev–Trinajstić information content (AvgIpc) is 3.01. The van der Waals surface area contributed by atoms with Crippen molar-refractivity contribution in [2.24, 2.45) is 0 Å². The molecule has 2 N–H and O–H groups in total. The van der Waals surface area contributed by atoms with Gasteiger partial charge in [-0.25, -0.2) is 0 Å². The highest BCUT2D eigenvalue weighted by Crippen LogP contribution is 2.37. The monoisotopic (exact) mass is 256 g/mol. The van der Waals surface area contributed by atoms with Crippen molar-refractivity contribution < 1.29 is 9.90 Å². The molecule has 1 heterocycles. The molecule has 4 nitrogen and oxygen atoms in total. The van der Waals surface area contributed by atoms with E-state index >= 15 is 0 Å². The number of carbonyl (C=O) groups excluding carboxylic acids is 1. The van der Waals surface area contributed by atoms with Gasteiger partial charge in [0.1, 0.15) is 5.69 Å². The number of aliphatic hydroxyl groups excluding tert-OH is 1. The molecule has 1 aliphatic rings. The first-order valence-electron chi connectivity index (χ1n) is 5.91. The summed E-state index contributed by atoms with van der Waals surface area (Å²) < 4.78 is 1.94. The van der Waals surface area contributed by atoms with E-state index in [1.807, 2.05) is 10.8 Å². The number of carbonyl (C=O) groups is 1. The molecule has 1 saturated carbocycles. The van der Waals surface area contributed by atoms with Crippen molar-refractivity contribution in [1.82, 2.24) is 9.88 Å². The van der Waals surface area contributed by atoms with Gasteiger partial charge in [-0.3, -0.25) is 4.79 Å². The standard InChI is InChI=1S/C12H17ClN2O2/c1-8(16)4-5-14-12(17)11-6-9(13)7-15(11)10-2-3-10/h6-8,10,16H,2-5H2,1H3,(H,14,17). The molecule has 5 heteroatoms. The third-order valence-corrected chi connectivity index (χ3v) is 3.04. The number of aromatic nitrogens is 1. The van der Waals surface area contributed by atoms with Gasteiger partial charge in [-0.05, 0) is 32.3 Å². The Morgan fingerprint density at radius 3 is 3.00 bits per heavy atom. The minimum absolute atomic E-state index is 0.121. The quantitative estimate of drug-likeness (QED) is 0.846. The molecule has 0 aromatic carbocycles. The zero-order valence-corrected chi connectivity index (χ0v) is 10.6. The second kappa shape index (κ2) is 5.10. The fourth-order valence-electron chi connectivity index (χ4n) is 1.77. The first-order chi connectivity index (χ1) is 8.08.